The zero-order valence-corrected chi connectivity index (χ0v) is 12.4. The molecule has 1 heterocycles. The van der Waals surface area contributed by atoms with Crippen molar-refractivity contribution in [2.45, 2.75) is 19.4 Å². The Kier molecular flexibility index (Phi) is 5.18. The first kappa shape index (κ1) is 14.0. The molecule has 1 saturated heterocycles. The van der Waals surface area contributed by atoms with Gasteiger partial charge in [-0.2, -0.15) is 0 Å². The number of aliphatic hydroxyl groups excluding tert-OH is 1. The van der Waals surface area contributed by atoms with E-state index in [4.69, 9.17) is 0 Å². The van der Waals surface area contributed by atoms with E-state index in [-0.39, 0.29) is 6.61 Å². The normalized spacial score (nSPS) is 18.8. The second kappa shape index (κ2) is 6.66. The molecule has 1 aromatic carbocycles. The van der Waals surface area contributed by atoms with Gasteiger partial charge < -0.3 is 10.4 Å². The number of benzene rings is 1. The number of aryl methyl sites for hydroxylation is 1. The summed E-state index contributed by atoms with van der Waals surface area (Å²) >= 11 is 3.55. The standard InChI is InChI=1S/C14H21BrN2O/c1-11-2-3-12(15)10-13(11)14(4-9-18)17-7-5-16-6-8-17/h2-3,10,14,16,18H,4-9H2,1H3/t14-/m0/s1. The number of hydrogen-bond acceptors (Lipinski definition) is 3. The largest absolute Gasteiger partial charge is 0.396 e. The molecule has 0 radical (unpaired) electrons. The Morgan fingerprint density at radius 3 is 2.78 bits per heavy atom. The molecule has 18 heavy (non-hydrogen) atoms. The second-order valence-electron chi connectivity index (χ2n) is 4.81. The van der Waals surface area contributed by atoms with Gasteiger partial charge in [0.15, 0.2) is 0 Å². The molecule has 4 heteroatoms. The summed E-state index contributed by atoms with van der Waals surface area (Å²) in [4.78, 5) is 2.47. The van der Waals surface area contributed by atoms with Crippen LogP contribution in [0.2, 0.25) is 0 Å². The lowest BCUT2D eigenvalue weighted by Gasteiger charge is -2.35. The van der Waals surface area contributed by atoms with Crippen molar-refractivity contribution in [1.29, 1.82) is 0 Å². The van der Waals surface area contributed by atoms with E-state index < -0.39 is 0 Å². The summed E-state index contributed by atoms with van der Waals surface area (Å²) in [6.07, 6.45) is 0.803. The van der Waals surface area contributed by atoms with E-state index in [0.29, 0.717) is 6.04 Å². The van der Waals surface area contributed by atoms with Crippen LogP contribution in [0, 0.1) is 6.92 Å². The summed E-state index contributed by atoms with van der Waals surface area (Å²) in [5.74, 6) is 0. The van der Waals surface area contributed by atoms with Crippen LogP contribution in [0.5, 0.6) is 0 Å². The van der Waals surface area contributed by atoms with Crippen LogP contribution in [-0.2, 0) is 0 Å². The molecule has 1 fully saturated rings. The van der Waals surface area contributed by atoms with Gasteiger partial charge in [-0.3, -0.25) is 4.90 Å². The number of rotatable bonds is 4. The van der Waals surface area contributed by atoms with Crippen molar-refractivity contribution in [2.75, 3.05) is 32.8 Å². The Bertz CT molecular complexity index is 391. The first-order valence-corrected chi connectivity index (χ1v) is 7.33. The number of aliphatic hydroxyl groups is 1. The van der Waals surface area contributed by atoms with Gasteiger partial charge >= 0.3 is 0 Å². The van der Waals surface area contributed by atoms with Crippen molar-refractivity contribution in [1.82, 2.24) is 10.2 Å². The number of nitrogens with one attached hydrogen (secondary N) is 1. The minimum absolute atomic E-state index is 0.237. The summed E-state index contributed by atoms with van der Waals surface area (Å²) in [6, 6.07) is 6.74. The highest BCUT2D eigenvalue weighted by Gasteiger charge is 2.23. The van der Waals surface area contributed by atoms with Crippen LogP contribution in [-0.4, -0.2) is 42.8 Å². The van der Waals surface area contributed by atoms with E-state index in [1.807, 2.05) is 0 Å². The van der Waals surface area contributed by atoms with Crippen molar-refractivity contribution in [2.24, 2.45) is 0 Å². The lowest BCUT2D eigenvalue weighted by molar-refractivity contribution is 0.140. The quantitative estimate of drug-likeness (QED) is 0.893. The van der Waals surface area contributed by atoms with E-state index in [0.717, 1.165) is 37.1 Å². The molecular formula is C14H21BrN2O. The van der Waals surface area contributed by atoms with Gasteiger partial charge in [0, 0.05) is 43.3 Å². The number of hydrogen-bond donors (Lipinski definition) is 2. The molecule has 0 spiro atoms. The first-order chi connectivity index (χ1) is 8.72. The van der Waals surface area contributed by atoms with Crippen molar-refractivity contribution in [3.63, 3.8) is 0 Å². The molecule has 0 aromatic heterocycles. The summed E-state index contributed by atoms with van der Waals surface area (Å²) in [5, 5.41) is 12.7. The number of piperazine rings is 1. The van der Waals surface area contributed by atoms with Gasteiger partial charge in [-0.05, 0) is 36.6 Å². The lowest BCUT2D eigenvalue weighted by Crippen LogP contribution is -2.45. The van der Waals surface area contributed by atoms with Crippen LogP contribution in [0.25, 0.3) is 0 Å². The van der Waals surface area contributed by atoms with Crippen LogP contribution < -0.4 is 5.32 Å². The maximum Gasteiger partial charge on any atom is 0.0449 e. The molecule has 1 atom stereocenters. The van der Waals surface area contributed by atoms with Crippen LogP contribution in [0.4, 0.5) is 0 Å². The Labute approximate surface area is 117 Å². The molecule has 1 aromatic rings. The third kappa shape index (κ3) is 3.32. The fraction of sp³-hybridized carbons (Fsp3) is 0.571. The average molecular weight is 313 g/mol. The van der Waals surface area contributed by atoms with E-state index in [2.05, 4.69) is 51.3 Å². The molecule has 0 saturated carbocycles. The zero-order chi connectivity index (χ0) is 13.0. The molecule has 2 rings (SSSR count). The molecule has 0 unspecified atom stereocenters. The van der Waals surface area contributed by atoms with Gasteiger partial charge in [0.25, 0.3) is 0 Å². The van der Waals surface area contributed by atoms with Gasteiger partial charge in [0.05, 0.1) is 0 Å². The van der Waals surface area contributed by atoms with Crippen molar-refractivity contribution in [3.8, 4) is 0 Å². The Balaban J connectivity index is 2.24. The second-order valence-corrected chi connectivity index (χ2v) is 5.73. The highest BCUT2D eigenvalue weighted by molar-refractivity contribution is 9.10. The van der Waals surface area contributed by atoms with Crippen LogP contribution in [0.1, 0.15) is 23.6 Å². The van der Waals surface area contributed by atoms with Crippen molar-refractivity contribution in [3.05, 3.63) is 33.8 Å². The van der Waals surface area contributed by atoms with Crippen molar-refractivity contribution < 1.29 is 5.11 Å². The van der Waals surface area contributed by atoms with E-state index in [9.17, 15) is 5.11 Å². The Hall–Kier alpha value is -0.420. The molecule has 0 aliphatic carbocycles. The maximum atomic E-state index is 9.33. The third-order valence-electron chi connectivity index (χ3n) is 3.60. The molecule has 0 bridgehead atoms. The van der Waals surface area contributed by atoms with E-state index in [1.54, 1.807) is 0 Å². The minimum Gasteiger partial charge on any atom is -0.396 e. The lowest BCUT2D eigenvalue weighted by atomic mass is 9.97. The molecular weight excluding hydrogens is 292 g/mol. The van der Waals surface area contributed by atoms with Gasteiger partial charge in [0.1, 0.15) is 0 Å². The Morgan fingerprint density at radius 2 is 2.11 bits per heavy atom. The molecule has 2 N–H and O–H groups in total. The monoisotopic (exact) mass is 312 g/mol. The van der Waals surface area contributed by atoms with Gasteiger partial charge in [-0.1, -0.05) is 22.0 Å². The minimum atomic E-state index is 0.237. The predicted molar refractivity (Wildman–Crippen MR) is 77.8 cm³/mol. The fourth-order valence-electron chi connectivity index (χ4n) is 2.62. The molecule has 1 aliphatic heterocycles. The number of nitrogens with zero attached hydrogens (tertiary/aromatic N) is 1. The number of halogens is 1. The highest BCUT2D eigenvalue weighted by atomic mass is 79.9. The SMILES string of the molecule is Cc1ccc(Br)cc1[C@H](CCO)N1CCNCC1. The molecule has 100 valence electrons. The van der Waals surface area contributed by atoms with Crippen LogP contribution in [0.3, 0.4) is 0 Å². The summed E-state index contributed by atoms with van der Waals surface area (Å²) in [5.41, 5.74) is 2.63. The van der Waals surface area contributed by atoms with Crippen molar-refractivity contribution >= 4 is 15.9 Å². The van der Waals surface area contributed by atoms with E-state index in [1.165, 1.54) is 11.1 Å². The van der Waals surface area contributed by atoms with Gasteiger partial charge in [-0.25, -0.2) is 0 Å². The fourth-order valence-corrected chi connectivity index (χ4v) is 3.00. The summed E-state index contributed by atoms with van der Waals surface area (Å²) in [6.45, 7) is 6.56. The zero-order valence-electron chi connectivity index (χ0n) is 10.8. The smallest absolute Gasteiger partial charge is 0.0449 e. The molecule has 3 nitrogen and oxygen atoms in total. The highest BCUT2D eigenvalue weighted by Crippen LogP contribution is 2.29. The molecule has 1 aliphatic rings. The molecule has 0 amide bonds. The summed E-state index contributed by atoms with van der Waals surface area (Å²) < 4.78 is 1.11. The van der Waals surface area contributed by atoms with Crippen LogP contribution >= 0.6 is 15.9 Å². The van der Waals surface area contributed by atoms with Gasteiger partial charge in [-0.15, -0.1) is 0 Å². The Morgan fingerprint density at radius 1 is 1.39 bits per heavy atom. The first-order valence-electron chi connectivity index (χ1n) is 6.54. The maximum absolute atomic E-state index is 9.33. The van der Waals surface area contributed by atoms with Crippen LogP contribution in [0.15, 0.2) is 22.7 Å². The third-order valence-corrected chi connectivity index (χ3v) is 4.09. The predicted octanol–water partition coefficient (Wildman–Crippen LogP) is 2.09. The average Bonchev–Trinajstić information content (AvgIpc) is 2.40. The topological polar surface area (TPSA) is 35.5 Å². The van der Waals surface area contributed by atoms with E-state index >= 15 is 0 Å². The summed E-state index contributed by atoms with van der Waals surface area (Å²) in [7, 11) is 0. The van der Waals surface area contributed by atoms with Gasteiger partial charge in [0.2, 0.25) is 0 Å².